The molecular formula is C11H16ClNO. The molecule has 2 nitrogen and oxygen atoms in total. The lowest BCUT2D eigenvalue weighted by molar-refractivity contribution is -0.114. The molecule has 0 aliphatic heterocycles. The third-order valence-electron chi connectivity index (χ3n) is 1.09. The van der Waals surface area contributed by atoms with E-state index in [-0.39, 0.29) is 5.91 Å². The van der Waals surface area contributed by atoms with Crippen LogP contribution in [0.2, 0.25) is 0 Å². The molecule has 0 unspecified atom stereocenters. The maximum atomic E-state index is 10.5. The van der Waals surface area contributed by atoms with Gasteiger partial charge in [0.25, 0.3) is 0 Å². The molecular weight excluding hydrogens is 198 g/mol. The molecule has 0 atom stereocenters. The first-order valence-electron chi connectivity index (χ1n) is 4.49. The molecule has 0 fully saturated rings. The van der Waals surface area contributed by atoms with Crippen molar-refractivity contribution in [2.24, 2.45) is 0 Å². The molecule has 0 aliphatic carbocycles. The second kappa shape index (κ2) is 7.39. The highest BCUT2D eigenvalue weighted by Gasteiger charge is 1.90. The Hall–Kier alpha value is -1.02. The maximum absolute atomic E-state index is 10.5. The van der Waals surface area contributed by atoms with Crippen LogP contribution in [0.4, 0.5) is 5.69 Å². The van der Waals surface area contributed by atoms with Gasteiger partial charge in [-0.2, -0.15) is 0 Å². The molecule has 1 rings (SSSR count). The molecule has 1 N–H and O–H groups in total. The zero-order valence-corrected chi connectivity index (χ0v) is 9.51. The van der Waals surface area contributed by atoms with Crippen molar-refractivity contribution in [1.82, 2.24) is 0 Å². The van der Waals surface area contributed by atoms with Gasteiger partial charge in [0.1, 0.15) is 0 Å². The zero-order valence-electron chi connectivity index (χ0n) is 8.75. The van der Waals surface area contributed by atoms with Crippen molar-refractivity contribution in [3.8, 4) is 0 Å². The number of hydrogen-bond donors (Lipinski definition) is 1. The number of carbonyl (C=O) groups is 1. The van der Waals surface area contributed by atoms with Gasteiger partial charge in [-0.05, 0) is 26.0 Å². The Bertz CT molecular complexity index is 256. The lowest BCUT2D eigenvalue weighted by Gasteiger charge is -1.98. The minimum absolute atomic E-state index is 0.0359. The Labute approximate surface area is 90.3 Å². The fraction of sp³-hybridized carbons (Fsp3) is 0.364. The van der Waals surface area contributed by atoms with Gasteiger partial charge in [0.2, 0.25) is 5.91 Å². The van der Waals surface area contributed by atoms with E-state index in [1.54, 1.807) is 0 Å². The molecule has 0 aromatic heterocycles. The van der Waals surface area contributed by atoms with Crippen LogP contribution in [0.15, 0.2) is 30.3 Å². The van der Waals surface area contributed by atoms with Crippen LogP contribution in [0.3, 0.4) is 0 Å². The van der Waals surface area contributed by atoms with E-state index < -0.39 is 0 Å². The van der Waals surface area contributed by atoms with Gasteiger partial charge in [0.15, 0.2) is 0 Å². The highest BCUT2D eigenvalue weighted by molar-refractivity contribution is 6.20. The number of nitrogens with one attached hydrogen (secondary N) is 1. The first-order valence-corrected chi connectivity index (χ1v) is 4.92. The number of alkyl halides is 1. The summed E-state index contributed by atoms with van der Waals surface area (Å²) >= 11 is 5.27. The van der Waals surface area contributed by atoms with E-state index >= 15 is 0 Å². The minimum atomic E-state index is -0.0359. The average Bonchev–Trinajstić information content (AvgIpc) is 2.03. The Morgan fingerprint density at radius 3 is 2.07 bits per heavy atom. The topological polar surface area (TPSA) is 29.1 Å². The van der Waals surface area contributed by atoms with Gasteiger partial charge >= 0.3 is 0 Å². The number of anilines is 1. The summed E-state index contributed by atoms with van der Waals surface area (Å²) in [7, 11) is 0. The highest BCUT2D eigenvalue weighted by atomic mass is 35.5. The summed E-state index contributed by atoms with van der Waals surface area (Å²) in [6.07, 6.45) is 0. The van der Waals surface area contributed by atoms with Gasteiger partial charge < -0.3 is 5.32 Å². The van der Waals surface area contributed by atoms with Crippen molar-refractivity contribution in [2.75, 3.05) is 5.32 Å². The molecule has 0 radical (unpaired) electrons. The van der Waals surface area contributed by atoms with Gasteiger partial charge in [-0.25, -0.2) is 0 Å². The molecule has 0 heterocycles. The summed E-state index contributed by atoms with van der Waals surface area (Å²) in [4.78, 5) is 10.5. The Kier molecular flexibility index (Phi) is 6.85. The first kappa shape index (κ1) is 13.0. The number of amides is 1. The smallest absolute Gasteiger partial charge is 0.221 e. The summed E-state index contributed by atoms with van der Waals surface area (Å²) in [5, 5.41) is 2.97. The van der Waals surface area contributed by atoms with E-state index in [1.807, 2.05) is 44.2 Å². The van der Waals surface area contributed by atoms with Gasteiger partial charge in [-0.3, -0.25) is 4.79 Å². The lowest BCUT2D eigenvalue weighted by Crippen LogP contribution is -2.04. The molecule has 0 saturated heterocycles. The molecule has 1 aromatic rings. The lowest BCUT2D eigenvalue weighted by atomic mass is 10.3. The molecule has 0 aliphatic rings. The van der Waals surface area contributed by atoms with Crippen molar-refractivity contribution >= 4 is 23.2 Å². The molecule has 0 saturated carbocycles. The van der Waals surface area contributed by atoms with Crippen LogP contribution >= 0.6 is 11.6 Å². The normalized spacial score (nSPS) is 8.93. The van der Waals surface area contributed by atoms with Crippen molar-refractivity contribution in [3.63, 3.8) is 0 Å². The number of carbonyl (C=O) groups excluding carboxylic acids is 1. The van der Waals surface area contributed by atoms with Crippen LogP contribution in [-0.4, -0.2) is 11.3 Å². The SMILES string of the molecule is CC(=O)Nc1ccccc1.CC(C)Cl. The molecule has 0 spiro atoms. The average molecular weight is 214 g/mol. The van der Waals surface area contributed by atoms with E-state index in [2.05, 4.69) is 5.32 Å². The van der Waals surface area contributed by atoms with Crippen LogP contribution in [0.1, 0.15) is 20.8 Å². The maximum Gasteiger partial charge on any atom is 0.221 e. The van der Waals surface area contributed by atoms with E-state index in [9.17, 15) is 4.79 Å². The van der Waals surface area contributed by atoms with E-state index in [0.717, 1.165) is 5.69 Å². The minimum Gasteiger partial charge on any atom is -0.326 e. The van der Waals surface area contributed by atoms with Crippen LogP contribution in [0.25, 0.3) is 0 Å². The Morgan fingerprint density at radius 1 is 1.29 bits per heavy atom. The zero-order chi connectivity index (χ0) is 11.0. The molecule has 3 heteroatoms. The third kappa shape index (κ3) is 9.07. The number of benzene rings is 1. The molecule has 1 aromatic carbocycles. The van der Waals surface area contributed by atoms with Crippen LogP contribution in [0, 0.1) is 0 Å². The van der Waals surface area contributed by atoms with Crippen molar-refractivity contribution in [3.05, 3.63) is 30.3 Å². The molecule has 78 valence electrons. The van der Waals surface area contributed by atoms with Gasteiger partial charge in [-0.15, -0.1) is 11.6 Å². The predicted octanol–water partition coefficient (Wildman–Crippen LogP) is 3.28. The summed E-state index contributed by atoms with van der Waals surface area (Å²) in [6, 6.07) is 9.37. The Morgan fingerprint density at radius 2 is 1.71 bits per heavy atom. The van der Waals surface area contributed by atoms with Crippen LogP contribution in [-0.2, 0) is 4.79 Å². The number of halogens is 1. The monoisotopic (exact) mass is 213 g/mol. The van der Waals surface area contributed by atoms with Gasteiger partial charge in [0.05, 0.1) is 0 Å². The second-order valence-corrected chi connectivity index (χ2v) is 3.93. The van der Waals surface area contributed by atoms with E-state index in [1.165, 1.54) is 6.92 Å². The van der Waals surface area contributed by atoms with Crippen molar-refractivity contribution in [1.29, 1.82) is 0 Å². The van der Waals surface area contributed by atoms with Crippen molar-refractivity contribution < 1.29 is 4.79 Å². The summed E-state index contributed by atoms with van der Waals surface area (Å²) < 4.78 is 0. The summed E-state index contributed by atoms with van der Waals surface area (Å²) in [6.45, 7) is 5.36. The summed E-state index contributed by atoms with van der Waals surface area (Å²) in [5.74, 6) is -0.0359. The molecule has 14 heavy (non-hydrogen) atoms. The quantitative estimate of drug-likeness (QED) is 0.713. The first-order chi connectivity index (χ1) is 6.52. The second-order valence-electron chi connectivity index (χ2n) is 3.06. The molecule has 0 bridgehead atoms. The fourth-order valence-electron chi connectivity index (χ4n) is 0.725. The third-order valence-corrected chi connectivity index (χ3v) is 1.09. The van der Waals surface area contributed by atoms with Crippen molar-refractivity contribution in [2.45, 2.75) is 26.1 Å². The highest BCUT2D eigenvalue weighted by Crippen LogP contribution is 2.03. The van der Waals surface area contributed by atoms with Crippen LogP contribution in [0.5, 0.6) is 0 Å². The van der Waals surface area contributed by atoms with E-state index in [4.69, 9.17) is 11.6 Å². The number of para-hydroxylation sites is 1. The molecule has 1 amide bonds. The van der Waals surface area contributed by atoms with Gasteiger partial charge in [-0.1, -0.05) is 18.2 Å². The van der Waals surface area contributed by atoms with Gasteiger partial charge in [0, 0.05) is 18.0 Å². The Balaban J connectivity index is 0.000000364. The fourth-order valence-corrected chi connectivity index (χ4v) is 0.725. The largest absolute Gasteiger partial charge is 0.326 e. The summed E-state index contributed by atoms with van der Waals surface area (Å²) in [5.41, 5.74) is 0.843. The number of rotatable bonds is 1. The standard InChI is InChI=1S/C8H9NO.C3H7Cl/c1-7(10)9-8-5-3-2-4-6-8;1-3(2)4/h2-6H,1H3,(H,9,10);3H,1-2H3. The van der Waals surface area contributed by atoms with Crippen LogP contribution < -0.4 is 5.32 Å². The number of hydrogen-bond acceptors (Lipinski definition) is 1. The van der Waals surface area contributed by atoms with E-state index in [0.29, 0.717) is 5.38 Å². The predicted molar refractivity (Wildman–Crippen MR) is 61.7 cm³/mol.